The van der Waals surface area contributed by atoms with Gasteiger partial charge in [0, 0.05) is 6.20 Å². The summed E-state index contributed by atoms with van der Waals surface area (Å²) >= 11 is 5.62. The number of aromatic nitrogens is 1. The summed E-state index contributed by atoms with van der Waals surface area (Å²) in [6, 6.07) is 16.3. The SMILES string of the molecule is NNc1ncccc1Cl.O=Cc1ccccc1O.O=Cc1ccccc1O. The van der Waals surface area contributed by atoms with E-state index in [1.807, 2.05) is 0 Å². The molecular formula is C19H18ClN3O4. The zero-order chi connectivity index (χ0) is 20.1. The van der Waals surface area contributed by atoms with E-state index < -0.39 is 0 Å². The Morgan fingerprint density at radius 1 is 0.852 bits per heavy atom. The summed E-state index contributed by atoms with van der Waals surface area (Å²) in [5, 5.41) is 18.3. The molecule has 7 nitrogen and oxygen atoms in total. The number of hydrogen-bond donors (Lipinski definition) is 4. The molecule has 140 valence electrons. The number of benzene rings is 2. The zero-order valence-electron chi connectivity index (χ0n) is 14.1. The standard InChI is InChI=1S/2C7H6O2.C5H6ClN3/c2*8-5-6-3-1-2-4-7(6)9;6-4-2-1-3-8-5(4)9-7/h2*1-5,9H;1-3H,7H2,(H,8,9). The van der Waals surface area contributed by atoms with Crippen LogP contribution < -0.4 is 11.3 Å². The third kappa shape index (κ3) is 7.55. The molecule has 1 aromatic heterocycles. The number of aldehydes is 2. The maximum absolute atomic E-state index is 10.1. The van der Waals surface area contributed by atoms with Crippen LogP contribution in [0.3, 0.4) is 0 Å². The van der Waals surface area contributed by atoms with Crippen molar-refractivity contribution >= 4 is 30.0 Å². The van der Waals surface area contributed by atoms with E-state index in [1.54, 1.807) is 54.7 Å². The predicted octanol–water partition coefficient (Wildman–Crippen LogP) is 3.43. The summed E-state index contributed by atoms with van der Waals surface area (Å²) < 4.78 is 0. The molecule has 0 spiro atoms. The van der Waals surface area contributed by atoms with Crippen molar-refractivity contribution in [2.45, 2.75) is 0 Å². The highest BCUT2D eigenvalue weighted by molar-refractivity contribution is 6.32. The zero-order valence-corrected chi connectivity index (χ0v) is 14.9. The molecule has 3 aromatic rings. The third-order valence-corrected chi connectivity index (χ3v) is 3.33. The van der Waals surface area contributed by atoms with E-state index in [0.29, 0.717) is 34.5 Å². The summed E-state index contributed by atoms with van der Waals surface area (Å²) in [5.41, 5.74) is 3.01. The van der Waals surface area contributed by atoms with Crippen LogP contribution in [0, 0.1) is 0 Å². The highest BCUT2D eigenvalue weighted by Gasteiger charge is 1.94. The number of nitrogens with zero attached hydrogens (tertiary/aromatic N) is 1. The van der Waals surface area contributed by atoms with Gasteiger partial charge < -0.3 is 15.6 Å². The largest absolute Gasteiger partial charge is 0.507 e. The number of rotatable bonds is 3. The number of pyridine rings is 1. The summed E-state index contributed by atoms with van der Waals surface area (Å²) in [6.07, 6.45) is 2.85. The summed E-state index contributed by atoms with van der Waals surface area (Å²) in [6.45, 7) is 0. The van der Waals surface area contributed by atoms with Crippen molar-refractivity contribution in [1.82, 2.24) is 4.98 Å². The monoisotopic (exact) mass is 387 g/mol. The van der Waals surface area contributed by atoms with Crippen molar-refractivity contribution in [3.8, 4) is 11.5 Å². The number of phenols is 2. The number of nitrogens with one attached hydrogen (secondary N) is 1. The fourth-order valence-corrected chi connectivity index (χ4v) is 1.84. The Kier molecular flexibility index (Phi) is 9.62. The fraction of sp³-hybridized carbons (Fsp3) is 0. The van der Waals surface area contributed by atoms with Crippen molar-refractivity contribution < 1.29 is 19.8 Å². The maximum atomic E-state index is 10.1. The second kappa shape index (κ2) is 12.0. The molecule has 5 N–H and O–H groups in total. The van der Waals surface area contributed by atoms with Gasteiger partial charge in [0.05, 0.1) is 16.1 Å². The van der Waals surface area contributed by atoms with Crippen molar-refractivity contribution in [2.24, 2.45) is 5.84 Å². The molecule has 0 saturated heterocycles. The molecule has 2 aromatic carbocycles. The maximum Gasteiger partial charge on any atom is 0.158 e. The molecule has 0 unspecified atom stereocenters. The Balaban J connectivity index is 0.000000202. The molecule has 0 aliphatic carbocycles. The minimum absolute atomic E-state index is 0.0347. The van der Waals surface area contributed by atoms with Gasteiger partial charge in [-0.3, -0.25) is 9.59 Å². The first-order valence-electron chi connectivity index (χ1n) is 7.57. The minimum atomic E-state index is 0.0347. The van der Waals surface area contributed by atoms with Gasteiger partial charge in [-0.2, -0.15) is 0 Å². The lowest BCUT2D eigenvalue weighted by Crippen LogP contribution is -2.08. The molecule has 3 rings (SSSR count). The topological polar surface area (TPSA) is 126 Å². The number of nitrogens with two attached hydrogens (primary N) is 1. The molecule has 1 heterocycles. The van der Waals surface area contributed by atoms with E-state index in [9.17, 15) is 9.59 Å². The first kappa shape index (κ1) is 21.6. The number of nitrogen functional groups attached to an aromatic ring is 1. The van der Waals surface area contributed by atoms with Crippen LogP contribution in [0.1, 0.15) is 20.7 Å². The van der Waals surface area contributed by atoms with Crippen LogP contribution >= 0.6 is 11.6 Å². The molecule has 0 aliphatic rings. The number of anilines is 1. The van der Waals surface area contributed by atoms with Gasteiger partial charge in [0.2, 0.25) is 0 Å². The molecule has 0 radical (unpaired) electrons. The number of aromatic hydroxyl groups is 2. The lowest BCUT2D eigenvalue weighted by atomic mass is 10.2. The molecule has 0 fully saturated rings. The van der Waals surface area contributed by atoms with Crippen LogP contribution in [0.4, 0.5) is 5.82 Å². The molecule has 0 aliphatic heterocycles. The number of halogens is 1. The van der Waals surface area contributed by atoms with E-state index in [0.717, 1.165) is 0 Å². The van der Waals surface area contributed by atoms with Crippen molar-refractivity contribution in [3.63, 3.8) is 0 Å². The van der Waals surface area contributed by atoms with Crippen LogP contribution in [0.5, 0.6) is 11.5 Å². The molecule has 0 saturated carbocycles. The molecular weight excluding hydrogens is 370 g/mol. The van der Waals surface area contributed by atoms with Crippen LogP contribution in [-0.2, 0) is 0 Å². The summed E-state index contributed by atoms with van der Waals surface area (Å²) in [5.74, 6) is 5.62. The van der Waals surface area contributed by atoms with E-state index in [1.165, 1.54) is 12.1 Å². The smallest absolute Gasteiger partial charge is 0.158 e. The fourth-order valence-electron chi connectivity index (χ4n) is 1.67. The van der Waals surface area contributed by atoms with E-state index in [4.69, 9.17) is 27.7 Å². The Hall–Kier alpha value is -3.42. The van der Waals surface area contributed by atoms with Crippen LogP contribution in [0.15, 0.2) is 66.9 Å². The van der Waals surface area contributed by atoms with Crippen molar-refractivity contribution in [1.29, 1.82) is 0 Å². The highest BCUT2D eigenvalue weighted by atomic mass is 35.5. The van der Waals surface area contributed by atoms with E-state index >= 15 is 0 Å². The van der Waals surface area contributed by atoms with Gasteiger partial charge in [0.25, 0.3) is 0 Å². The van der Waals surface area contributed by atoms with Crippen LogP contribution in [0.2, 0.25) is 5.02 Å². The second-order valence-corrected chi connectivity index (χ2v) is 5.24. The molecule has 8 heteroatoms. The first-order chi connectivity index (χ1) is 13.0. The number of hydrazine groups is 1. The van der Waals surface area contributed by atoms with Crippen LogP contribution in [-0.4, -0.2) is 27.8 Å². The average molecular weight is 388 g/mol. The Morgan fingerprint density at radius 2 is 1.33 bits per heavy atom. The second-order valence-electron chi connectivity index (χ2n) is 4.83. The van der Waals surface area contributed by atoms with Gasteiger partial charge in [-0.25, -0.2) is 10.8 Å². The molecule has 0 bridgehead atoms. The number of carbonyl (C=O) groups excluding carboxylic acids is 2. The van der Waals surface area contributed by atoms with Crippen molar-refractivity contribution in [3.05, 3.63) is 83.0 Å². The summed E-state index contributed by atoms with van der Waals surface area (Å²) in [7, 11) is 0. The third-order valence-electron chi connectivity index (χ3n) is 3.02. The van der Waals surface area contributed by atoms with Gasteiger partial charge >= 0.3 is 0 Å². The highest BCUT2D eigenvalue weighted by Crippen LogP contribution is 2.15. The average Bonchev–Trinajstić information content (AvgIpc) is 2.70. The summed E-state index contributed by atoms with van der Waals surface area (Å²) in [4.78, 5) is 24.0. The lowest BCUT2D eigenvalue weighted by Gasteiger charge is -1.97. The van der Waals surface area contributed by atoms with Gasteiger partial charge in [-0.15, -0.1) is 0 Å². The van der Waals surface area contributed by atoms with E-state index in [-0.39, 0.29) is 11.5 Å². The molecule has 0 atom stereocenters. The quantitative estimate of drug-likeness (QED) is 0.308. The Bertz CT molecular complexity index is 825. The number of carbonyl (C=O) groups is 2. The van der Waals surface area contributed by atoms with E-state index in [2.05, 4.69) is 10.4 Å². The minimum Gasteiger partial charge on any atom is -0.507 e. The number of hydrogen-bond acceptors (Lipinski definition) is 7. The van der Waals surface area contributed by atoms with Gasteiger partial charge in [0.1, 0.15) is 11.5 Å². The van der Waals surface area contributed by atoms with Gasteiger partial charge in [0.15, 0.2) is 18.4 Å². The predicted molar refractivity (Wildman–Crippen MR) is 104 cm³/mol. The molecule has 27 heavy (non-hydrogen) atoms. The first-order valence-corrected chi connectivity index (χ1v) is 7.94. The molecule has 0 amide bonds. The van der Waals surface area contributed by atoms with Crippen molar-refractivity contribution in [2.75, 3.05) is 5.43 Å². The number of para-hydroxylation sites is 2. The van der Waals surface area contributed by atoms with Gasteiger partial charge in [-0.05, 0) is 36.4 Å². The lowest BCUT2D eigenvalue weighted by molar-refractivity contribution is 0.111. The Labute approximate surface area is 161 Å². The van der Waals surface area contributed by atoms with Gasteiger partial charge in [-0.1, -0.05) is 35.9 Å². The van der Waals surface area contributed by atoms with Crippen LogP contribution in [0.25, 0.3) is 0 Å². The number of phenolic OH excluding ortho intramolecular Hbond substituents is 2. The normalized spacial score (nSPS) is 8.96. The Morgan fingerprint density at radius 3 is 1.63 bits per heavy atom.